The molecule has 0 saturated heterocycles. The summed E-state index contributed by atoms with van der Waals surface area (Å²) < 4.78 is 44.2. The SMILES string of the molecule is Cc1c(C)n(Cc2ccc(-c3ccccc3C(=O)O)cc2)c2ccc(C(=O)N[C@@H](C)c3c(F)ccc(F)c3F)cc12. The van der Waals surface area contributed by atoms with E-state index in [-0.39, 0.29) is 5.56 Å². The molecule has 5 rings (SSSR count). The molecule has 208 valence electrons. The van der Waals surface area contributed by atoms with Crippen LogP contribution < -0.4 is 5.32 Å². The number of fused-ring (bicyclic) bond motifs is 1. The van der Waals surface area contributed by atoms with Gasteiger partial charge in [0.1, 0.15) is 5.82 Å². The molecule has 8 heteroatoms. The third-order valence-corrected chi connectivity index (χ3v) is 7.52. The number of hydrogen-bond donors (Lipinski definition) is 2. The topological polar surface area (TPSA) is 71.3 Å². The number of nitrogens with one attached hydrogen (secondary N) is 1. The lowest BCUT2D eigenvalue weighted by Crippen LogP contribution is -2.28. The molecule has 1 amide bonds. The second kappa shape index (κ2) is 11.0. The molecule has 1 atom stereocenters. The highest BCUT2D eigenvalue weighted by atomic mass is 19.2. The molecule has 0 aliphatic carbocycles. The zero-order valence-corrected chi connectivity index (χ0v) is 22.6. The van der Waals surface area contributed by atoms with E-state index >= 15 is 0 Å². The van der Waals surface area contributed by atoms with E-state index in [0.29, 0.717) is 23.7 Å². The summed E-state index contributed by atoms with van der Waals surface area (Å²) in [5.74, 6) is -4.96. The molecule has 0 saturated carbocycles. The lowest BCUT2D eigenvalue weighted by molar-refractivity contribution is 0.0697. The lowest BCUT2D eigenvalue weighted by Gasteiger charge is -2.16. The Balaban J connectivity index is 1.40. The van der Waals surface area contributed by atoms with Crippen LogP contribution in [0.3, 0.4) is 0 Å². The molecule has 5 aromatic rings. The van der Waals surface area contributed by atoms with Crippen molar-refractivity contribution in [2.45, 2.75) is 33.4 Å². The highest BCUT2D eigenvalue weighted by Crippen LogP contribution is 2.29. The average molecular weight is 557 g/mol. The third kappa shape index (κ3) is 5.20. The maximum absolute atomic E-state index is 14.2. The average Bonchev–Trinajstić information content (AvgIpc) is 3.19. The van der Waals surface area contributed by atoms with E-state index in [2.05, 4.69) is 9.88 Å². The van der Waals surface area contributed by atoms with E-state index in [0.717, 1.165) is 39.4 Å². The summed E-state index contributed by atoms with van der Waals surface area (Å²) in [7, 11) is 0. The summed E-state index contributed by atoms with van der Waals surface area (Å²) in [4.78, 5) is 24.6. The first-order valence-corrected chi connectivity index (χ1v) is 13.0. The Labute approximate surface area is 234 Å². The van der Waals surface area contributed by atoms with E-state index in [4.69, 9.17) is 0 Å². The number of aryl methyl sites for hydroxylation is 1. The van der Waals surface area contributed by atoms with Gasteiger partial charge in [0.05, 0.1) is 11.6 Å². The number of amides is 1. The van der Waals surface area contributed by atoms with Gasteiger partial charge in [0.25, 0.3) is 5.91 Å². The Bertz CT molecular complexity index is 1810. The number of halogens is 3. The van der Waals surface area contributed by atoms with Crippen molar-refractivity contribution in [2.75, 3.05) is 0 Å². The van der Waals surface area contributed by atoms with Crippen molar-refractivity contribution in [2.24, 2.45) is 0 Å². The highest BCUT2D eigenvalue weighted by molar-refractivity contribution is 5.99. The molecule has 0 unspecified atom stereocenters. The van der Waals surface area contributed by atoms with Crippen LogP contribution in [0.5, 0.6) is 0 Å². The Morgan fingerprint density at radius 2 is 1.59 bits per heavy atom. The monoisotopic (exact) mass is 556 g/mol. The molecule has 0 aliphatic heterocycles. The van der Waals surface area contributed by atoms with E-state index in [9.17, 15) is 27.9 Å². The first-order valence-electron chi connectivity index (χ1n) is 13.0. The fraction of sp³-hybridized carbons (Fsp3) is 0.152. The fourth-order valence-electron chi connectivity index (χ4n) is 5.18. The summed E-state index contributed by atoms with van der Waals surface area (Å²) in [6.07, 6.45) is 0. The second-order valence-corrected chi connectivity index (χ2v) is 10.0. The summed E-state index contributed by atoms with van der Waals surface area (Å²) in [6, 6.07) is 20.3. The van der Waals surface area contributed by atoms with Gasteiger partial charge in [-0.3, -0.25) is 4.79 Å². The van der Waals surface area contributed by atoms with Crippen LogP contribution in [-0.2, 0) is 6.54 Å². The van der Waals surface area contributed by atoms with E-state index in [1.54, 1.807) is 36.4 Å². The largest absolute Gasteiger partial charge is 0.478 e. The molecule has 1 aromatic heterocycles. The van der Waals surface area contributed by atoms with E-state index < -0.39 is 40.9 Å². The minimum atomic E-state index is -1.32. The first-order chi connectivity index (χ1) is 19.6. The van der Waals surface area contributed by atoms with Crippen LogP contribution in [0.25, 0.3) is 22.0 Å². The number of carboxylic acids is 1. The van der Waals surface area contributed by atoms with Crippen molar-refractivity contribution >= 4 is 22.8 Å². The fourth-order valence-corrected chi connectivity index (χ4v) is 5.18. The van der Waals surface area contributed by atoms with Gasteiger partial charge in [-0.2, -0.15) is 0 Å². The van der Waals surface area contributed by atoms with Crippen molar-refractivity contribution in [3.63, 3.8) is 0 Å². The molecule has 0 bridgehead atoms. The predicted molar refractivity (Wildman–Crippen MR) is 152 cm³/mol. The Morgan fingerprint density at radius 1 is 0.902 bits per heavy atom. The molecule has 2 N–H and O–H groups in total. The highest BCUT2D eigenvalue weighted by Gasteiger charge is 2.22. The normalized spacial score (nSPS) is 12.0. The Kier molecular flexibility index (Phi) is 7.41. The lowest BCUT2D eigenvalue weighted by atomic mass is 9.99. The number of benzene rings is 4. The zero-order valence-electron chi connectivity index (χ0n) is 22.6. The van der Waals surface area contributed by atoms with Crippen LogP contribution in [-0.4, -0.2) is 21.6 Å². The van der Waals surface area contributed by atoms with Crippen LogP contribution in [0, 0.1) is 31.3 Å². The minimum absolute atomic E-state index is 0.239. The van der Waals surface area contributed by atoms with Crippen molar-refractivity contribution in [3.8, 4) is 11.1 Å². The number of aromatic nitrogens is 1. The molecule has 4 aromatic carbocycles. The van der Waals surface area contributed by atoms with Crippen molar-refractivity contribution in [1.82, 2.24) is 9.88 Å². The van der Waals surface area contributed by atoms with Crippen molar-refractivity contribution in [1.29, 1.82) is 0 Å². The maximum Gasteiger partial charge on any atom is 0.336 e. The van der Waals surface area contributed by atoms with Crippen LogP contribution in [0.4, 0.5) is 13.2 Å². The number of hydrogen-bond acceptors (Lipinski definition) is 2. The predicted octanol–water partition coefficient (Wildman–Crippen LogP) is 7.58. The molecule has 5 nitrogen and oxygen atoms in total. The van der Waals surface area contributed by atoms with Crippen LogP contribution in [0.1, 0.15) is 56.1 Å². The summed E-state index contributed by atoms with van der Waals surface area (Å²) in [5, 5.41) is 12.9. The smallest absolute Gasteiger partial charge is 0.336 e. The first kappa shape index (κ1) is 27.7. The summed E-state index contributed by atoms with van der Waals surface area (Å²) in [6.45, 7) is 5.90. The number of carboxylic acid groups (broad SMARTS) is 1. The van der Waals surface area contributed by atoms with E-state index in [1.165, 1.54) is 6.92 Å². The Hall–Kier alpha value is -4.85. The molecule has 0 fully saturated rings. The standard InChI is InChI=1S/C33H27F3N2O3/c1-18-20(3)38(17-21-8-10-22(11-9-21)24-6-4-5-7-25(24)33(40)41)29-15-12-23(16-26(18)29)32(39)37-19(2)30-27(34)13-14-28(35)31(30)36/h4-16,19H,17H2,1-3H3,(H,37,39)(H,40,41)/t19-/m0/s1. The van der Waals surface area contributed by atoms with Gasteiger partial charge in [-0.1, -0.05) is 42.5 Å². The molecular formula is C33H27F3N2O3. The van der Waals surface area contributed by atoms with Gasteiger partial charge in [-0.15, -0.1) is 0 Å². The summed E-state index contributed by atoms with van der Waals surface area (Å²) >= 11 is 0. The molecule has 0 radical (unpaired) electrons. The van der Waals surface area contributed by atoms with Gasteiger partial charge in [0.15, 0.2) is 11.6 Å². The van der Waals surface area contributed by atoms with Crippen LogP contribution in [0.2, 0.25) is 0 Å². The van der Waals surface area contributed by atoms with E-state index in [1.807, 2.05) is 44.2 Å². The molecule has 0 aliphatic rings. The van der Waals surface area contributed by atoms with Gasteiger partial charge in [-0.05, 0) is 79.4 Å². The molecule has 41 heavy (non-hydrogen) atoms. The van der Waals surface area contributed by atoms with Gasteiger partial charge in [0, 0.05) is 34.3 Å². The third-order valence-electron chi connectivity index (χ3n) is 7.52. The van der Waals surface area contributed by atoms with Gasteiger partial charge < -0.3 is 15.0 Å². The van der Waals surface area contributed by atoms with Crippen LogP contribution >= 0.6 is 0 Å². The van der Waals surface area contributed by atoms with Gasteiger partial charge in [0.2, 0.25) is 0 Å². The van der Waals surface area contributed by atoms with Gasteiger partial charge in [-0.25, -0.2) is 18.0 Å². The molecule has 0 spiro atoms. The number of carbonyl (C=O) groups is 2. The number of carbonyl (C=O) groups excluding carboxylic acids is 1. The zero-order chi connectivity index (χ0) is 29.4. The second-order valence-electron chi connectivity index (χ2n) is 10.0. The number of aromatic carboxylic acids is 1. The number of rotatable bonds is 7. The number of nitrogens with zero attached hydrogens (tertiary/aromatic N) is 1. The maximum atomic E-state index is 14.2. The molecule has 1 heterocycles. The quantitative estimate of drug-likeness (QED) is 0.203. The van der Waals surface area contributed by atoms with Crippen molar-refractivity contribution in [3.05, 3.63) is 130 Å². The van der Waals surface area contributed by atoms with Gasteiger partial charge >= 0.3 is 5.97 Å². The van der Waals surface area contributed by atoms with Crippen LogP contribution in [0.15, 0.2) is 78.9 Å². The molecular weight excluding hydrogens is 529 g/mol. The minimum Gasteiger partial charge on any atom is -0.478 e. The summed E-state index contributed by atoms with van der Waals surface area (Å²) in [5.41, 5.74) is 5.38. The van der Waals surface area contributed by atoms with Crippen molar-refractivity contribution < 1.29 is 27.9 Å². The Morgan fingerprint density at radius 3 is 2.29 bits per heavy atom.